The van der Waals surface area contributed by atoms with Gasteiger partial charge in [-0.05, 0) is 31.5 Å². The summed E-state index contributed by atoms with van der Waals surface area (Å²) in [7, 11) is 0. The first-order valence-corrected chi connectivity index (χ1v) is 6.46. The number of hydrogen-bond donors (Lipinski definition) is 2. The fourth-order valence-corrected chi connectivity index (χ4v) is 2.26. The van der Waals surface area contributed by atoms with Crippen molar-refractivity contribution in [2.45, 2.75) is 25.4 Å². The van der Waals surface area contributed by atoms with E-state index in [1.165, 1.54) is 12.1 Å². The number of nitriles is 1. The second-order valence-corrected chi connectivity index (χ2v) is 4.81. The van der Waals surface area contributed by atoms with Crippen LogP contribution in [0.15, 0.2) is 18.2 Å². The number of hydrogen-bond acceptors (Lipinski definition) is 4. The molecule has 1 aromatic rings. The maximum absolute atomic E-state index is 13.0. The van der Waals surface area contributed by atoms with Gasteiger partial charge in [-0.3, -0.25) is 0 Å². The molecule has 1 heterocycles. The first-order valence-electron chi connectivity index (χ1n) is 6.46. The molecule has 2 unspecified atom stereocenters. The molecule has 1 saturated heterocycles. The van der Waals surface area contributed by atoms with E-state index in [9.17, 15) is 4.39 Å². The first kappa shape index (κ1) is 13.8. The molecule has 0 spiro atoms. The van der Waals surface area contributed by atoms with Crippen molar-refractivity contribution in [2.24, 2.45) is 0 Å². The smallest absolute Gasteiger partial charge is 0.124 e. The molecule has 0 aromatic heterocycles. The summed E-state index contributed by atoms with van der Waals surface area (Å²) in [6.07, 6.45) is 0.891. The van der Waals surface area contributed by atoms with E-state index in [2.05, 4.69) is 10.6 Å². The van der Waals surface area contributed by atoms with Crippen molar-refractivity contribution in [1.29, 1.82) is 5.26 Å². The Morgan fingerprint density at radius 1 is 1.63 bits per heavy atom. The van der Waals surface area contributed by atoms with Gasteiger partial charge in [0.1, 0.15) is 11.9 Å². The lowest BCUT2D eigenvalue weighted by atomic mass is 10.1. The van der Waals surface area contributed by atoms with Gasteiger partial charge in [-0.25, -0.2) is 4.39 Å². The number of ether oxygens (including phenoxy) is 1. The lowest BCUT2D eigenvalue weighted by Gasteiger charge is -2.27. The summed E-state index contributed by atoms with van der Waals surface area (Å²) in [5.41, 5.74) is 1.01. The SMILES string of the molecule is CC(CC1COCCN1)Nc1ccc(F)cc1C#N. The molecule has 0 radical (unpaired) electrons. The van der Waals surface area contributed by atoms with Crippen molar-refractivity contribution in [1.82, 2.24) is 5.32 Å². The molecule has 0 saturated carbocycles. The monoisotopic (exact) mass is 263 g/mol. The van der Waals surface area contributed by atoms with Crippen LogP contribution in [-0.2, 0) is 4.74 Å². The standard InChI is InChI=1S/C14H18FN3O/c1-10(6-13-9-19-5-4-17-13)18-14-3-2-12(15)7-11(14)8-16/h2-3,7,10,13,17-18H,4-6,9H2,1H3. The molecule has 0 amide bonds. The molecule has 2 atom stereocenters. The average molecular weight is 263 g/mol. The molecular weight excluding hydrogens is 245 g/mol. The van der Waals surface area contributed by atoms with Gasteiger partial charge in [-0.2, -0.15) is 5.26 Å². The fraction of sp³-hybridized carbons (Fsp3) is 0.500. The van der Waals surface area contributed by atoms with E-state index in [-0.39, 0.29) is 6.04 Å². The van der Waals surface area contributed by atoms with Crippen molar-refractivity contribution in [3.63, 3.8) is 0 Å². The zero-order valence-corrected chi connectivity index (χ0v) is 10.9. The van der Waals surface area contributed by atoms with Gasteiger partial charge in [0.25, 0.3) is 0 Å². The van der Waals surface area contributed by atoms with E-state index < -0.39 is 5.82 Å². The van der Waals surface area contributed by atoms with Gasteiger partial charge in [0.15, 0.2) is 0 Å². The summed E-state index contributed by atoms with van der Waals surface area (Å²) in [5, 5.41) is 15.6. The largest absolute Gasteiger partial charge is 0.381 e. The van der Waals surface area contributed by atoms with Crippen molar-refractivity contribution < 1.29 is 9.13 Å². The van der Waals surface area contributed by atoms with Crippen LogP contribution in [0.4, 0.5) is 10.1 Å². The van der Waals surface area contributed by atoms with Gasteiger partial charge in [0.2, 0.25) is 0 Å². The zero-order valence-electron chi connectivity index (χ0n) is 10.9. The van der Waals surface area contributed by atoms with Gasteiger partial charge >= 0.3 is 0 Å². The van der Waals surface area contributed by atoms with E-state index in [0.29, 0.717) is 23.9 Å². The van der Waals surface area contributed by atoms with E-state index in [0.717, 1.165) is 19.6 Å². The Morgan fingerprint density at radius 3 is 3.16 bits per heavy atom. The van der Waals surface area contributed by atoms with E-state index in [1.807, 2.05) is 13.0 Å². The highest BCUT2D eigenvalue weighted by Crippen LogP contribution is 2.18. The van der Waals surface area contributed by atoms with E-state index in [1.54, 1.807) is 6.07 Å². The number of nitrogens with one attached hydrogen (secondary N) is 2. The van der Waals surface area contributed by atoms with Crippen molar-refractivity contribution in [2.75, 3.05) is 25.1 Å². The van der Waals surface area contributed by atoms with Crippen LogP contribution in [0.5, 0.6) is 0 Å². The number of halogens is 1. The van der Waals surface area contributed by atoms with Gasteiger partial charge < -0.3 is 15.4 Å². The van der Waals surface area contributed by atoms with Crippen LogP contribution in [0.25, 0.3) is 0 Å². The highest BCUT2D eigenvalue weighted by Gasteiger charge is 2.16. The maximum atomic E-state index is 13.0. The third-order valence-corrected chi connectivity index (χ3v) is 3.14. The number of nitrogens with zero attached hydrogens (tertiary/aromatic N) is 1. The Morgan fingerprint density at radius 2 is 2.47 bits per heavy atom. The van der Waals surface area contributed by atoms with E-state index in [4.69, 9.17) is 10.00 Å². The molecule has 1 fully saturated rings. The predicted molar refractivity (Wildman–Crippen MR) is 71.4 cm³/mol. The molecule has 0 bridgehead atoms. The molecule has 0 aliphatic carbocycles. The average Bonchev–Trinajstić information content (AvgIpc) is 2.42. The third-order valence-electron chi connectivity index (χ3n) is 3.14. The first-order chi connectivity index (χ1) is 9.19. The summed E-state index contributed by atoms with van der Waals surface area (Å²) < 4.78 is 18.4. The topological polar surface area (TPSA) is 57.1 Å². The maximum Gasteiger partial charge on any atom is 0.124 e. The van der Waals surface area contributed by atoms with Crippen LogP contribution in [0.2, 0.25) is 0 Å². The molecule has 2 N–H and O–H groups in total. The molecule has 2 rings (SSSR count). The van der Waals surface area contributed by atoms with Crippen LogP contribution in [0, 0.1) is 17.1 Å². The highest BCUT2D eigenvalue weighted by atomic mass is 19.1. The van der Waals surface area contributed by atoms with Crippen molar-refractivity contribution in [3.05, 3.63) is 29.6 Å². The Kier molecular flexibility index (Phi) is 4.72. The predicted octanol–water partition coefficient (Wildman–Crippen LogP) is 1.88. The van der Waals surface area contributed by atoms with Crippen LogP contribution in [-0.4, -0.2) is 31.8 Å². The van der Waals surface area contributed by atoms with Gasteiger partial charge in [-0.15, -0.1) is 0 Å². The summed E-state index contributed by atoms with van der Waals surface area (Å²) in [6, 6.07) is 6.71. The summed E-state index contributed by atoms with van der Waals surface area (Å²) in [5.74, 6) is -0.392. The minimum atomic E-state index is -0.392. The number of rotatable bonds is 4. The third kappa shape index (κ3) is 3.91. The second-order valence-electron chi connectivity index (χ2n) is 4.81. The molecule has 5 heteroatoms. The molecule has 4 nitrogen and oxygen atoms in total. The molecule has 1 aromatic carbocycles. The minimum Gasteiger partial charge on any atom is -0.381 e. The van der Waals surface area contributed by atoms with Crippen LogP contribution in [0.3, 0.4) is 0 Å². The summed E-state index contributed by atoms with van der Waals surface area (Å²) in [6.45, 7) is 4.38. The molecule has 19 heavy (non-hydrogen) atoms. The van der Waals surface area contributed by atoms with Crippen LogP contribution < -0.4 is 10.6 Å². The molecular formula is C14H18FN3O. The second kappa shape index (κ2) is 6.50. The zero-order chi connectivity index (χ0) is 13.7. The summed E-state index contributed by atoms with van der Waals surface area (Å²) >= 11 is 0. The molecule has 1 aliphatic rings. The van der Waals surface area contributed by atoms with Crippen LogP contribution >= 0.6 is 0 Å². The fourth-order valence-electron chi connectivity index (χ4n) is 2.26. The van der Waals surface area contributed by atoms with Crippen LogP contribution in [0.1, 0.15) is 18.9 Å². The lowest BCUT2D eigenvalue weighted by Crippen LogP contribution is -2.43. The highest BCUT2D eigenvalue weighted by molar-refractivity contribution is 5.57. The van der Waals surface area contributed by atoms with Gasteiger partial charge in [-0.1, -0.05) is 0 Å². The Hall–Kier alpha value is -1.64. The quantitative estimate of drug-likeness (QED) is 0.871. The van der Waals surface area contributed by atoms with Crippen molar-refractivity contribution in [3.8, 4) is 6.07 Å². The Labute approximate surface area is 112 Å². The van der Waals surface area contributed by atoms with E-state index >= 15 is 0 Å². The normalized spacial score (nSPS) is 20.6. The van der Waals surface area contributed by atoms with Gasteiger partial charge in [0, 0.05) is 18.6 Å². The Balaban J connectivity index is 1.94. The Bertz CT molecular complexity index is 466. The molecule has 102 valence electrons. The minimum absolute atomic E-state index is 0.178. The van der Waals surface area contributed by atoms with Gasteiger partial charge in [0.05, 0.1) is 24.5 Å². The van der Waals surface area contributed by atoms with Crippen molar-refractivity contribution >= 4 is 5.69 Å². The number of morpholine rings is 1. The molecule has 1 aliphatic heterocycles. The summed E-state index contributed by atoms with van der Waals surface area (Å²) in [4.78, 5) is 0. The lowest BCUT2D eigenvalue weighted by molar-refractivity contribution is 0.0731. The number of benzene rings is 1. The number of anilines is 1.